The van der Waals surface area contributed by atoms with E-state index in [0.717, 1.165) is 23.0 Å². The van der Waals surface area contributed by atoms with Crippen LogP contribution in [0.3, 0.4) is 0 Å². The minimum absolute atomic E-state index is 0.0790. The summed E-state index contributed by atoms with van der Waals surface area (Å²) in [6.45, 7) is 1.90. The van der Waals surface area contributed by atoms with Crippen LogP contribution in [-0.2, 0) is 4.79 Å². The summed E-state index contributed by atoms with van der Waals surface area (Å²) in [5.41, 5.74) is 6.01. The molecule has 4 nitrogen and oxygen atoms in total. The quantitative estimate of drug-likeness (QED) is 0.884. The Hall–Kier alpha value is -0.940. The molecule has 3 N–H and O–H groups in total. The van der Waals surface area contributed by atoms with Crippen molar-refractivity contribution in [3.05, 3.63) is 28.5 Å². The Morgan fingerprint density at radius 3 is 2.81 bits per heavy atom. The van der Waals surface area contributed by atoms with Crippen molar-refractivity contribution in [1.29, 1.82) is 0 Å². The van der Waals surface area contributed by atoms with Gasteiger partial charge in [0.1, 0.15) is 0 Å². The van der Waals surface area contributed by atoms with Crippen LogP contribution in [0.4, 0.5) is 0 Å². The zero-order valence-electron chi connectivity index (χ0n) is 9.03. The second-order valence-corrected chi connectivity index (χ2v) is 5.17. The van der Waals surface area contributed by atoms with Crippen molar-refractivity contribution in [2.75, 3.05) is 0 Å². The predicted octanol–water partition coefficient (Wildman–Crippen LogP) is 1.51. The highest BCUT2D eigenvalue weighted by molar-refractivity contribution is 9.10. The summed E-state index contributed by atoms with van der Waals surface area (Å²) in [6.07, 6.45) is 3.27. The molecule has 0 unspecified atom stereocenters. The molecule has 5 heteroatoms. The van der Waals surface area contributed by atoms with Crippen LogP contribution < -0.4 is 11.1 Å². The van der Waals surface area contributed by atoms with Crippen LogP contribution in [0.1, 0.15) is 31.5 Å². The van der Waals surface area contributed by atoms with Gasteiger partial charge in [0, 0.05) is 10.7 Å². The zero-order chi connectivity index (χ0) is 11.8. The molecule has 1 saturated carbocycles. The van der Waals surface area contributed by atoms with Crippen LogP contribution in [0.25, 0.3) is 0 Å². The summed E-state index contributed by atoms with van der Waals surface area (Å²) in [6, 6.07) is 3.67. The molecule has 1 aromatic heterocycles. The monoisotopic (exact) mass is 283 g/mol. The maximum Gasteiger partial charge on any atom is 0.240 e. The molecule has 1 fully saturated rings. The van der Waals surface area contributed by atoms with Crippen molar-refractivity contribution < 1.29 is 4.79 Å². The molecule has 0 saturated heterocycles. The Bertz CT molecular complexity index is 400. The lowest BCUT2D eigenvalue weighted by atomic mass is 10.2. The van der Waals surface area contributed by atoms with Gasteiger partial charge in [-0.3, -0.25) is 9.78 Å². The highest BCUT2D eigenvalue weighted by atomic mass is 79.9. The van der Waals surface area contributed by atoms with Crippen LogP contribution in [0.15, 0.2) is 22.8 Å². The molecule has 1 aliphatic rings. The third kappa shape index (κ3) is 2.41. The van der Waals surface area contributed by atoms with Crippen molar-refractivity contribution in [2.24, 2.45) is 5.73 Å². The van der Waals surface area contributed by atoms with Gasteiger partial charge in [0.2, 0.25) is 5.91 Å². The zero-order valence-corrected chi connectivity index (χ0v) is 10.6. The minimum Gasteiger partial charge on any atom is -0.346 e. The summed E-state index contributed by atoms with van der Waals surface area (Å²) >= 11 is 3.32. The lowest BCUT2D eigenvalue weighted by molar-refractivity contribution is -0.123. The van der Waals surface area contributed by atoms with Gasteiger partial charge in [0.25, 0.3) is 0 Å². The van der Waals surface area contributed by atoms with E-state index in [1.54, 1.807) is 6.20 Å². The van der Waals surface area contributed by atoms with Crippen LogP contribution >= 0.6 is 15.9 Å². The molecule has 0 aromatic carbocycles. The largest absolute Gasteiger partial charge is 0.346 e. The topological polar surface area (TPSA) is 68.0 Å². The van der Waals surface area contributed by atoms with Gasteiger partial charge in [-0.25, -0.2) is 0 Å². The van der Waals surface area contributed by atoms with Crippen LogP contribution in [0.5, 0.6) is 0 Å². The number of hydrogen-bond acceptors (Lipinski definition) is 3. The Kier molecular flexibility index (Phi) is 2.99. The van der Waals surface area contributed by atoms with E-state index in [9.17, 15) is 4.79 Å². The summed E-state index contributed by atoms with van der Waals surface area (Å²) in [5.74, 6) is -0.0790. The van der Waals surface area contributed by atoms with E-state index >= 15 is 0 Å². The number of nitrogens with zero attached hydrogens (tertiary/aromatic N) is 1. The number of hydrogen-bond donors (Lipinski definition) is 2. The van der Waals surface area contributed by atoms with Crippen LogP contribution in [0.2, 0.25) is 0 Å². The van der Waals surface area contributed by atoms with E-state index in [0.29, 0.717) is 0 Å². The lowest BCUT2D eigenvalue weighted by Gasteiger charge is -2.16. The summed E-state index contributed by atoms with van der Waals surface area (Å²) in [5, 5.41) is 2.88. The molecule has 2 rings (SSSR count). The highest BCUT2D eigenvalue weighted by Crippen LogP contribution is 2.32. The first-order valence-electron chi connectivity index (χ1n) is 5.22. The van der Waals surface area contributed by atoms with Crippen molar-refractivity contribution in [2.45, 2.75) is 31.3 Å². The van der Waals surface area contributed by atoms with E-state index in [4.69, 9.17) is 5.73 Å². The molecule has 0 aliphatic heterocycles. The summed E-state index contributed by atoms with van der Waals surface area (Å²) < 4.78 is 0.923. The second kappa shape index (κ2) is 4.14. The fraction of sp³-hybridized carbons (Fsp3) is 0.455. The van der Waals surface area contributed by atoms with Crippen molar-refractivity contribution in [3.63, 3.8) is 0 Å². The van der Waals surface area contributed by atoms with Gasteiger partial charge in [-0.1, -0.05) is 0 Å². The maximum atomic E-state index is 11.7. The molecule has 0 spiro atoms. The number of amides is 1. The number of carbonyl (C=O) groups excluding carboxylic acids is 1. The van der Waals surface area contributed by atoms with E-state index in [1.165, 1.54) is 0 Å². The smallest absolute Gasteiger partial charge is 0.240 e. The fourth-order valence-corrected chi connectivity index (χ4v) is 1.65. The summed E-state index contributed by atoms with van der Waals surface area (Å²) in [7, 11) is 0. The molecule has 1 heterocycles. The molecular weight excluding hydrogens is 270 g/mol. The molecule has 1 atom stereocenters. The molecule has 86 valence electrons. The lowest BCUT2D eigenvalue weighted by Crippen LogP contribution is -2.43. The second-order valence-electron chi connectivity index (χ2n) is 4.25. The molecule has 1 aliphatic carbocycles. The molecule has 0 radical (unpaired) electrons. The van der Waals surface area contributed by atoms with Crippen LogP contribution in [0, 0.1) is 0 Å². The Labute approximate surface area is 103 Å². The van der Waals surface area contributed by atoms with E-state index < -0.39 is 5.54 Å². The third-order valence-electron chi connectivity index (χ3n) is 2.78. The molecule has 1 aromatic rings. The predicted molar refractivity (Wildman–Crippen MR) is 64.6 cm³/mol. The van der Waals surface area contributed by atoms with Crippen molar-refractivity contribution in [3.8, 4) is 0 Å². The van der Waals surface area contributed by atoms with E-state index in [2.05, 4.69) is 26.2 Å². The molecular formula is C11H14BrN3O. The summed E-state index contributed by atoms with van der Waals surface area (Å²) in [4.78, 5) is 15.9. The first-order chi connectivity index (χ1) is 7.51. The van der Waals surface area contributed by atoms with Gasteiger partial charge in [0.05, 0.1) is 17.3 Å². The Balaban J connectivity index is 2.00. The van der Waals surface area contributed by atoms with Crippen molar-refractivity contribution in [1.82, 2.24) is 10.3 Å². The average molecular weight is 284 g/mol. The Morgan fingerprint density at radius 2 is 2.31 bits per heavy atom. The van der Waals surface area contributed by atoms with Gasteiger partial charge in [0.15, 0.2) is 0 Å². The minimum atomic E-state index is -0.621. The van der Waals surface area contributed by atoms with E-state index in [-0.39, 0.29) is 11.9 Å². The first-order valence-corrected chi connectivity index (χ1v) is 6.02. The molecule has 0 bridgehead atoms. The number of nitrogens with one attached hydrogen (secondary N) is 1. The molecule has 16 heavy (non-hydrogen) atoms. The van der Waals surface area contributed by atoms with Crippen LogP contribution in [-0.4, -0.2) is 16.4 Å². The highest BCUT2D eigenvalue weighted by Gasteiger charge is 2.46. The number of nitrogens with two attached hydrogens (primary N) is 1. The average Bonchev–Trinajstić information content (AvgIpc) is 2.99. The van der Waals surface area contributed by atoms with Gasteiger partial charge in [-0.15, -0.1) is 0 Å². The van der Waals surface area contributed by atoms with Gasteiger partial charge in [-0.2, -0.15) is 0 Å². The van der Waals surface area contributed by atoms with E-state index in [1.807, 2.05) is 19.1 Å². The number of aromatic nitrogens is 1. The first kappa shape index (κ1) is 11.5. The molecule has 1 amide bonds. The standard InChI is InChI=1S/C11H14BrN3O/c1-7(9-3-2-8(12)6-14-9)15-10(16)11(13)4-5-11/h2-3,6-7H,4-5,13H2,1H3,(H,15,16)/t7-/m1/s1. The normalized spacial score (nSPS) is 18.9. The van der Waals surface area contributed by atoms with Gasteiger partial charge in [-0.05, 0) is 47.8 Å². The Morgan fingerprint density at radius 1 is 1.62 bits per heavy atom. The number of rotatable bonds is 3. The van der Waals surface area contributed by atoms with Gasteiger partial charge >= 0.3 is 0 Å². The number of carbonyl (C=O) groups is 1. The van der Waals surface area contributed by atoms with Gasteiger partial charge < -0.3 is 11.1 Å². The number of halogens is 1. The SMILES string of the molecule is C[C@@H](NC(=O)C1(N)CC1)c1ccc(Br)cn1. The third-order valence-corrected chi connectivity index (χ3v) is 3.25. The maximum absolute atomic E-state index is 11.7. The fourth-order valence-electron chi connectivity index (χ4n) is 1.42. The number of pyridine rings is 1. The van der Waals surface area contributed by atoms with Crippen molar-refractivity contribution >= 4 is 21.8 Å².